The summed E-state index contributed by atoms with van der Waals surface area (Å²) in [5.74, 6) is -1.40. The van der Waals surface area contributed by atoms with Crippen LogP contribution in [0.2, 0.25) is 0 Å². The number of halogens is 2. The summed E-state index contributed by atoms with van der Waals surface area (Å²) in [5.41, 5.74) is 0.828. The van der Waals surface area contributed by atoms with Crippen molar-refractivity contribution in [3.05, 3.63) is 65.0 Å². The fourth-order valence-corrected chi connectivity index (χ4v) is 2.80. The van der Waals surface area contributed by atoms with Crippen molar-refractivity contribution in [1.82, 2.24) is 9.88 Å². The second-order valence-electron chi connectivity index (χ2n) is 8.09. The Labute approximate surface area is 196 Å². The number of carbonyl (C=O) groups is 2. The third-order valence-electron chi connectivity index (χ3n) is 4.34. The quantitative estimate of drug-likeness (QED) is 0.599. The van der Waals surface area contributed by atoms with Crippen LogP contribution in [0.15, 0.2) is 36.4 Å². The first-order valence-corrected chi connectivity index (χ1v) is 10.2. The van der Waals surface area contributed by atoms with E-state index in [-0.39, 0.29) is 30.2 Å². The van der Waals surface area contributed by atoms with Gasteiger partial charge in [0.2, 0.25) is 0 Å². The molecule has 1 aromatic carbocycles. The number of benzene rings is 1. The SMILES string of the molecule is CC(C)(C)OC(=O)N1CC=C(c2ccc(F)c(COc3ccc(C#N)cc3F)n2)C1.COC=O. The standard InChI is InChI=1S/C22H21F2N3O3.C2H4O2/c1-22(2,3)30-21(28)27-9-8-15(12-27)18-6-5-16(23)19(26-18)13-29-20-7-4-14(11-25)10-17(20)24;1-4-2-3/h4-8,10H,9,12-13H2,1-3H3;2H,1H3. The summed E-state index contributed by atoms with van der Waals surface area (Å²) in [6, 6.07) is 8.37. The summed E-state index contributed by atoms with van der Waals surface area (Å²) in [5, 5.41) is 8.79. The predicted molar refractivity (Wildman–Crippen MR) is 118 cm³/mol. The molecule has 10 heteroatoms. The number of hydrogen-bond acceptors (Lipinski definition) is 7. The van der Waals surface area contributed by atoms with Gasteiger partial charge < -0.3 is 19.1 Å². The third kappa shape index (κ3) is 7.55. The van der Waals surface area contributed by atoms with Crippen LogP contribution in [-0.2, 0) is 20.9 Å². The molecule has 2 heterocycles. The second-order valence-corrected chi connectivity index (χ2v) is 8.09. The number of nitrogens with zero attached hydrogens (tertiary/aromatic N) is 3. The Kier molecular flexibility index (Phi) is 9.07. The van der Waals surface area contributed by atoms with Gasteiger partial charge in [-0.15, -0.1) is 0 Å². The van der Waals surface area contributed by atoms with Gasteiger partial charge in [0, 0.05) is 6.54 Å². The second kappa shape index (κ2) is 11.7. The summed E-state index contributed by atoms with van der Waals surface area (Å²) in [6.45, 7) is 6.12. The van der Waals surface area contributed by atoms with E-state index in [0.717, 1.165) is 11.6 Å². The Bertz CT molecular complexity index is 1110. The number of ether oxygens (including phenoxy) is 3. The number of amides is 1. The van der Waals surface area contributed by atoms with Gasteiger partial charge in [-0.1, -0.05) is 6.08 Å². The largest absolute Gasteiger partial charge is 0.484 e. The summed E-state index contributed by atoms with van der Waals surface area (Å²) < 4.78 is 42.7. The van der Waals surface area contributed by atoms with Gasteiger partial charge in [-0.25, -0.2) is 18.6 Å². The number of pyridine rings is 1. The lowest BCUT2D eigenvalue weighted by molar-refractivity contribution is -0.126. The first-order valence-electron chi connectivity index (χ1n) is 10.2. The van der Waals surface area contributed by atoms with Crippen molar-refractivity contribution in [1.29, 1.82) is 5.26 Å². The minimum atomic E-state index is -0.711. The van der Waals surface area contributed by atoms with E-state index in [0.29, 0.717) is 18.7 Å². The molecular formula is C24H25F2N3O5. The first-order chi connectivity index (χ1) is 16.1. The summed E-state index contributed by atoms with van der Waals surface area (Å²) in [7, 11) is 1.31. The van der Waals surface area contributed by atoms with Crippen LogP contribution in [0.4, 0.5) is 13.6 Å². The van der Waals surface area contributed by atoms with Crippen LogP contribution in [0.3, 0.4) is 0 Å². The molecule has 1 aliphatic rings. The molecular weight excluding hydrogens is 448 g/mol. The predicted octanol–water partition coefficient (Wildman–Crippen LogP) is 4.23. The molecule has 0 spiro atoms. The van der Waals surface area contributed by atoms with Crippen molar-refractivity contribution in [3.8, 4) is 11.8 Å². The van der Waals surface area contributed by atoms with Crippen LogP contribution >= 0.6 is 0 Å². The van der Waals surface area contributed by atoms with Crippen molar-refractivity contribution in [2.75, 3.05) is 20.2 Å². The number of methoxy groups -OCH3 is 1. The van der Waals surface area contributed by atoms with E-state index in [4.69, 9.17) is 19.5 Å². The highest BCUT2D eigenvalue weighted by Crippen LogP contribution is 2.24. The molecule has 0 atom stereocenters. The normalized spacial score (nSPS) is 12.6. The maximum Gasteiger partial charge on any atom is 0.410 e. The van der Waals surface area contributed by atoms with E-state index in [1.54, 1.807) is 20.8 Å². The van der Waals surface area contributed by atoms with Crippen LogP contribution in [0, 0.1) is 23.0 Å². The molecule has 2 aromatic rings. The third-order valence-corrected chi connectivity index (χ3v) is 4.34. The Morgan fingerprint density at radius 1 is 1.24 bits per heavy atom. The van der Waals surface area contributed by atoms with Gasteiger partial charge in [0.1, 0.15) is 23.7 Å². The maximum atomic E-state index is 14.2. The number of aromatic nitrogens is 1. The summed E-state index contributed by atoms with van der Waals surface area (Å²) in [6.07, 6.45) is 1.39. The van der Waals surface area contributed by atoms with Gasteiger partial charge >= 0.3 is 6.09 Å². The highest BCUT2D eigenvalue weighted by Gasteiger charge is 2.26. The van der Waals surface area contributed by atoms with Gasteiger partial charge in [0.25, 0.3) is 6.47 Å². The number of hydrogen-bond donors (Lipinski definition) is 0. The van der Waals surface area contributed by atoms with Gasteiger partial charge in [0.05, 0.1) is 31.0 Å². The van der Waals surface area contributed by atoms with E-state index in [1.807, 2.05) is 12.1 Å². The molecule has 1 amide bonds. The Morgan fingerprint density at radius 3 is 2.53 bits per heavy atom. The maximum absolute atomic E-state index is 14.2. The monoisotopic (exact) mass is 473 g/mol. The Morgan fingerprint density at radius 2 is 1.94 bits per heavy atom. The van der Waals surface area contributed by atoms with E-state index in [9.17, 15) is 13.6 Å². The molecule has 0 radical (unpaired) electrons. The molecule has 180 valence electrons. The zero-order chi connectivity index (χ0) is 25.3. The Balaban J connectivity index is 0.000000945. The first kappa shape index (κ1) is 26.3. The summed E-state index contributed by atoms with van der Waals surface area (Å²) >= 11 is 0. The van der Waals surface area contributed by atoms with Crippen LogP contribution in [0.25, 0.3) is 5.57 Å². The van der Waals surface area contributed by atoms with Crippen molar-refractivity contribution in [3.63, 3.8) is 0 Å². The average Bonchev–Trinajstić information content (AvgIpc) is 3.29. The fourth-order valence-electron chi connectivity index (χ4n) is 2.80. The van der Waals surface area contributed by atoms with Crippen molar-refractivity contribution < 1.29 is 32.6 Å². The van der Waals surface area contributed by atoms with Crippen LogP contribution in [-0.4, -0.2) is 48.2 Å². The van der Waals surface area contributed by atoms with Gasteiger partial charge in [-0.05, 0) is 56.7 Å². The molecule has 0 fully saturated rings. The topological polar surface area (TPSA) is 102 Å². The molecule has 34 heavy (non-hydrogen) atoms. The van der Waals surface area contributed by atoms with Crippen LogP contribution in [0.5, 0.6) is 5.75 Å². The van der Waals surface area contributed by atoms with E-state index in [1.165, 1.54) is 36.3 Å². The van der Waals surface area contributed by atoms with Gasteiger partial charge in [-0.3, -0.25) is 4.79 Å². The zero-order valence-corrected chi connectivity index (χ0v) is 19.3. The number of carbonyl (C=O) groups excluding carboxylic acids is 2. The highest BCUT2D eigenvalue weighted by atomic mass is 19.1. The van der Waals surface area contributed by atoms with E-state index in [2.05, 4.69) is 9.72 Å². The van der Waals surface area contributed by atoms with Gasteiger partial charge in [-0.2, -0.15) is 5.26 Å². The van der Waals surface area contributed by atoms with Crippen LogP contribution in [0.1, 0.15) is 37.7 Å². The minimum Gasteiger partial charge on any atom is -0.484 e. The van der Waals surface area contributed by atoms with Gasteiger partial charge in [0.15, 0.2) is 11.6 Å². The minimum absolute atomic E-state index is 0.00729. The smallest absolute Gasteiger partial charge is 0.410 e. The molecule has 0 bridgehead atoms. The highest BCUT2D eigenvalue weighted by molar-refractivity contribution is 5.76. The molecule has 1 aromatic heterocycles. The fraction of sp³-hybridized carbons (Fsp3) is 0.333. The van der Waals surface area contributed by atoms with E-state index < -0.39 is 23.3 Å². The van der Waals surface area contributed by atoms with E-state index >= 15 is 0 Å². The molecule has 0 saturated heterocycles. The molecule has 3 rings (SSSR count). The molecule has 0 N–H and O–H groups in total. The lowest BCUT2D eigenvalue weighted by atomic mass is 10.1. The lowest BCUT2D eigenvalue weighted by Gasteiger charge is -2.24. The lowest BCUT2D eigenvalue weighted by Crippen LogP contribution is -2.35. The number of rotatable bonds is 5. The van der Waals surface area contributed by atoms with Crippen molar-refractivity contribution in [2.24, 2.45) is 0 Å². The van der Waals surface area contributed by atoms with Crippen LogP contribution < -0.4 is 4.74 Å². The Hall–Kier alpha value is -4.00. The summed E-state index contributed by atoms with van der Waals surface area (Å²) in [4.78, 5) is 27.0. The van der Waals surface area contributed by atoms with Crippen molar-refractivity contribution >= 4 is 18.1 Å². The van der Waals surface area contributed by atoms with Crippen molar-refractivity contribution in [2.45, 2.75) is 33.0 Å². The average molecular weight is 473 g/mol. The molecule has 8 nitrogen and oxygen atoms in total. The molecule has 1 aliphatic heterocycles. The molecule has 0 aliphatic carbocycles. The zero-order valence-electron chi connectivity index (χ0n) is 19.3. The molecule has 0 saturated carbocycles. The molecule has 0 unspecified atom stereocenters. The number of nitriles is 1.